The Morgan fingerprint density at radius 2 is 0.981 bits per heavy atom. The molecule has 0 radical (unpaired) electrons. The number of nitrogens with zero attached hydrogens (tertiary/aromatic N) is 1. The van der Waals surface area contributed by atoms with E-state index in [0.29, 0.717) is 5.39 Å². The van der Waals surface area contributed by atoms with Crippen LogP contribution in [0.2, 0.25) is 0 Å². The van der Waals surface area contributed by atoms with Gasteiger partial charge in [-0.2, -0.15) is 0 Å². The summed E-state index contributed by atoms with van der Waals surface area (Å²) >= 11 is 0. The maximum Gasteiger partial charge on any atom is 0.131 e. The lowest BCUT2D eigenvalue weighted by molar-refractivity contribution is 0.640. The van der Waals surface area contributed by atoms with Crippen LogP contribution in [0.3, 0.4) is 0 Å². The molecule has 0 heterocycles. The maximum atomic E-state index is 15.4. The number of hydrogen-bond donors (Lipinski definition) is 0. The number of halogens is 1. The molecule has 2 aliphatic carbocycles. The molecule has 2 aliphatic rings. The number of hydrogen-bond acceptors (Lipinski definition) is 1. The van der Waals surface area contributed by atoms with Gasteiger partial charge in [-0.05, 0) is 103 Å². The van der Waals surface area contributed by atoms with E-state index in [4.69, 9.17) is 0 Å². The zero-order valence-corrected chi connectivity index (χ0v) is 29.1. The molecule has 0 aromatic heterocycles. The fourth-order valence-electron chi connectivity index (χ4n) is 9.29. The van der Waals surface area contributed by atoms with E-state index in [0.717, 1.165) is 33.6 Å². The summed E-state index contributed by atoms with van der Waals surface area (Å²) in [5, 5.41) is 1.57. The summed E-state index contributed by atoms with van der Waals surface area (Å²) < 4.78 is 15.4. The third-order valence-electron chi connectivity index (χ3n) is 11.6. The average molecular weight is 670 g/mol. The molecule has 0 fully saturated rings. The molecule has 52 heavy (non-hydrogen) atoms. The number of benzene rings is 8. The Balaban J connectivity index is 1.27. The summed E-state index contributed by atoms with van der Waals surface area (Å²) in [6.07, 6.45) is 0. The zero-order chi connectivity index (χ0) is 35.0. The van der Waals surface area contributed by atoms with Crippen LogP contribution >= 0.6 is 0 Å². The van der Waals surface area contributed by atoms with Crippen LogP contribution in [0.15, 0.2) is 182 Å². The van der Waals surface area contributed by atoms with Gasteiger partial charge in [-0.15, -0.1) is 0 Å². The highest BCUT2D eigenvalue weighted by atomic mass is 19.1. The van der Waals surface area contributed by atoms with Crippen LogP contribution in [0.25, 0.3) is 33.0 Å². The lowest BCUT2D eigenvalue weighted by Gasteiger charge is -2.35. The van der Waals surface area contributed by atoms with E-state index >= 15 is 4.39 Å². The molecule has 0 amide bonds. The topological polar surface area (TPSA) is 3.24 Å². The minimum absolute atomic E-state index is 0.129. The summed E-state index contributed by atoms with van der Waals surface area (Å²) in [5.41, 5.74) is 14.7. The molecule has 0 atom stereocenters. The molecule has 0 spiro atoms. The summed E-state index contributed by atoms with van der Waals surface area (Å²) in [6.45, 7) is 4.67. The highest BCUT2D eigenvalue weighted by Crippen LogP contribution is 2.59. The summed E-state index contributed by atoms with van der Waals surface area (Å²) in [7, 11) is 0. The van der Waals surface area contributed by atoms with Crippen molar-refractivity contribution in [1.82, 2.24) is 0 Å². The van der Waals surface area contributed by atoms with E-state index < -0.39 is 5.41 Å². The van der Waals surface area contributed by atoms with Crippen LogP contribution in [0.1, 0.15) is 47.2 Å². The molecule has 1 nitrogen and oxygen atoms in total. The normalized spacial score (nSPS) is 14.4. The van der Waals surface area contributed by atoms with Crippen molar-refractivity contribution in [2.24, 2.45) is 0 Å². The van der Waals surface area contributed by atoms with Crippen LogP contribution in [0.5, 0.6) is 0 Å². The van der Waals surface area contributed by atoms with Crippen molar-refractivity contribution in [2.75, 3.05) is 4.90 Å². The minimum Gasteiger partial charge on any atom is -0.310 e. The van der Waals surface area contributed by atoms with Gasteiger partial charge in [0.1, 0.15) is 5.82 Å². The minimum atomic E-state index is -0.631. The van der Waals surface area contributed by atoms with Crippen molar-refractivity contribution in [1.29, 1.82) is 0 Å². The Labute approximate surface area is 304 Å². The van der Waals surface area contributed by atoms with Gasteiger partial charge in [-0.25, -0.2) is 4.39 Å². The summed E-state index contributed by atoms with van der Waals surface area (Å²) in [5.74, 6) is -0.202. The highest BCUT2D eigenvalue weighted by Gasteiger charge is 2.47. The molecule has 8 aromatic rings. The SMILES string of the molecule is CC1(C)c2ccccc2-c2ccc(N(c3ccccc3)c3ccc4c(c3)C(c3ccccc3)(c3ccccc3)c3ccc5c(F)cccc5c3-4)cc21. The van der Waals surface area contributed by atoms with Gasteiger partial charge in [0.05, 0.1) is 5.41 Å². The third-order valence-corrected chi connectivity index (χ3v) is 11.6. The number of rotatable bonds is 5. The molecule has 0 saturated carbocycles. The fourth-order valence-corrected chi connectivity index (χ4v) is 9.29. The molecule has 0 bridgehead atoms. The molecule has 248 valence electrons. The van der Waals surface area contributed by atoms with Crippen LogP contribution in [0.4, 0.5) is 21.5 Å². The highest BCUT2D eigenvalue weighted by molar-refractivity contribution is 6.05. The number of para-hydroxylation sites is 1. The second kappa shape index (κ2) is 11.4. The molecular weight excluding hydrogens is 634 g/mol. The fraction of sp³-hybridized carbons (Fsp3) is 0.0800. The van der Waals surface area contributed by atoms with Crippen molar-refractivity contribution < 1.29 is 4.39 Å². The molecule has 0 aliphatic heterocycles. The Bertz CT molecular complexity index is 2620. The molecule has 0 saturated heterocycles. The number of fused-ring (bicyclic) bond motifs is 8. The first-order valence-electron chi connectivity index (χ1n) is 18.0. The van der Waals surface area contributed by atoms with Crippen molar-refractivity contribution in [3.63, 3.8) is 0 Å². The molecule has 0 unspecified atom stereocenters. The lowest BCUT2D eigenvalue weighted by atomic mass is 9.67. The van der Waals surface area contributed by atoms with Crippen molar-refractivity contribution in [3.05, 3.63) is 221 Å². The second-order valence-corrected chi connectivity index (χ2v) is 14.6. The first-order valence-corrected chi connectivity index (χ1v) is 18.0. The lowest BCUT2D eigenvalue weighted by Crippen LogP contribution is -2.28. The van der Waals surface area contributed by atoms with Gasteiger partial charge < -0.3 is 4.90 Å². The van der Waals surface area contributed by atoms with Crippen LogP contribution in [-0.4, -0.2) is 0 Å². The maximum absolute atomic E-state index is 15.4. The van der Waals surface area contributed by atoms with E-state index in [2.05, 4.69) is 183 Å². The Morgan fingerprint density at radius 1 is 0.404 bits per heavy atom. The van der Waals surface area contributed by atoms with Crippen molar-refractivity contribution in [3.8, 4) is 22.3 Å². The van der Waals surface area contributed by atoms with Gasteiger partial charge in [0.15, 0.2) is 0 Å². The van der Waals surface area contributed by atoms with E-state index in [1.807, 2.05) is 12.1 Å². The van der Waals surface area contributed by atoms with E-state index in [1.54, 1.807) is 6.07 Å². The first-order chi connectivity index (χ1) is 25.5. The second-order valence-electron chi connectivity index (χ2n) is 14.6. The summed E-state index contributed by atoms with van der Waals surface area (Å²) in [4.78, 5) is 2.39. The Hall–Kier alpha value is -6.25. The van der Waals surface area contributed by atoms with Crippen molar-refractivity contribution >= 4 is 27.8 Å². The van der Waals surface area contributed by atoms with Gasteiger partial charge in [-0.3, -0.25) is 0 Å². The van der Waals surface area contributed by atoms with Crippen LogP contribution in [-0.2, 0) is 10.8 Å². The first kappa shape index (κ1) is 30.6. The van der Waals surface area contributed by atoms with Gasteiger partial charge >= 0.3 is 0 Å². The summed E-state index contributed by atoms with van der Waals surface area (Å²) in [6, 6.07) is 64.6. The molecule has 0 N–H and O–H groups in total. The average Bonchev–Trinajstić information content (AvgIpc) is 3.62. The van der Waals surface area contributed by atoms with Crippen LogP contribution < -0.4 is 4.90 Å². The monoisotopic (exact) mass is 669 g/mol. The van der Waals surface area contributed by atoms with Gasteiger partial charge in [0.2, 0.25) is 0 Å². The Morgan fingerprint density at radius 3 is 1.67 bits per heavy atom. The molecule has 10 rings (SSSR count). The predicted molar refractivity (Wildman–Crippen MR) is 213 cm³/mol. The zero-order valence-electron chi connectivity index (χ0n) is 29.1. The smallest absolute Gasteiger partial charge is 0.131 e. The van der Waals surface area contributed by atoms with E-state index in [-0.39, 0.29) is 11.2 Å². The van der Waals surface area contributed by atoms with E-state index in [9.17, 15) is 0 Å². The van der Waals surface area contributed by atoms with Crippen molar-refractivity contribution in [2.45, 2.75) is 24.7 Å². The van der Waals surface area contributed by atoms with Crippen LogP contribution in [0, 0.1) is 5.82 Å². The number of anilines is 3. The van der Waals surface area contributed by atoms with Gasteiger partial charge in [0, 0.05) is 27.9 Å². The van der Waals surface area contributed by atoms with Gasteiger partial charge in [-0.1, -0.05) is 153 Å². The molecule has 8 aromatic carbocycles. The third kappa shape index (κ3) is 4.21. The Kier molecular flexibility index (Phi) is 6.69. The standard InChI is InChI=1S/C50H36FN/c1-49(2)43-23-13-12-21-38(43)39-27-25-36(31-45(39)49)52(35-19-10-5-11-20-35)37-26-28-42-46(32-37)50(33-15-6-3-7-16-33,34-17-8-4-9-18-34)44-30-29-40-41(48(42)44)22-14-24-47(40)51/h3-32H,1-2H3. The predicted octanol–water partition coefficient (Wildman–Crippen LogP) is 13.1. The molecule has 2 heteroatoms. The van der Waals surface area contributed by atoms with Gasteiger partial charge in [0.25, 0.3) is 0 Å². The largest absolute Gasteiger partial charge is 0.310 e. The van der Waals surface area contributed by atoms with E-state index in [1.165, 1.54) is 44.5 Å². The molecular formula is C50H36FN. The quantitative estimate of drug-likeness (QED) is 0.176.